The fourth-order valence-electron chi connectivity index (χ4n) is 3.17. The molecule has 0 bridgehead atoms. The first kappa shape index (κ1) is 20.2. The fraction of sp³-hybridized carbons (Fsp3) is 0.944. The Hall–Kier alpha value is -0.810. The number of nitrogens with zero attached hydrogens (tertiary/aromatic N) is 3. The van der Waals surface area contributed by atoms with E-state index in [0.29, 0.717) is 12.0 Å². The van der Waals surface area contributed by atoms with Crippen molar-refractivity contribution in [1.29, 1.82) is 0 Å². The minimum Gasteiger partial charge on any atom is -0.370 e. The van der Waals surface area contributed by atoms with E-state index in [4.69, 9.17) is 5.73 Å². The van der Waals surface area contributed by atoms with Gasteiger partial charge in [-0.25, -0.2) is 0 Å². The molecule has 0 radical (unpaired) electrons. The van der Waals surface area contributed by atoms with Crippen molar-refractivity contribution in [1.82, 2.24) is 15.1 Å². The van der Waals surface area contributed by atoms with E-state index < -0.39 is 0 Å². The van der Waals surface area contributed by atoms with Gasteiger partial charge in [0, 0.05) is 18.6 Å². The van der Waals surface area contributed by atoms with Crippen molar-refractivity contribution in [3.05, 3.63) is 0 Å². The first-order valence-corrected chi connectivity index (χ1v) is 9.33. The van der Waals surface area contributed by atoms with Crippen molar-refractivity contribution in [3.8, 4) is 0 Å². The first-order valence-electron chi connectivity index (χ1n) is 9.33. The molecule has 1 aliphatic rings. The summed E-state index contributed by atoms with van der Waals surface area (Å²) in [5, 5.41) is 3.32. The van der Waals surface area contributed by atoms with Crippen LogP contribution in [0.5, 0.6) is 0 Å². The zero-order chi connectivity index (χ0) is 17.2. The van der Waals surface area contributed by atoms with Crippen molar-refractivity contribution in [2.75, 3.05) is 40.3 Å². The van der Waals surface area contributed by atoms with Gasteiger partial charge < -0.3 is 20.9 Å². The SMILES string of the molecule is CC(C)CCCC(C)NC(N)=NCCN1CCC(N(C)C)CC1. The largest absolute Gasteiger partial charge is 0.370 e. The van der Waals surface area contributed by atoms with Gasteiger partial charge in [-0.3, -0.25) is 4.99 Å². The van der Waals surface area contributed by atoms with Gasteiger partial charge in [0.15, 0.2) is 5.96 Å². The second-order valence-corrected chi connectivity index (χ2v) is 7.67. The molecule has 0 saturated carbocycles. The average Bonchev–Trinajstić information content (AvgIpc) is 2.47. The Morgan fingerprint density at radius 1 is 1.22 bits per heavy atom. The first-order chi connectivity index (χ1) is 10.9. The lowest BCUT2D eigenvalue weighted by Gasteiger charge is -2.34. The van der Waals surface area contributed by atoms with Gasteiger partial charge >= 0.3 is 0 Å². The Morgan fingerprint density at radius 3 is 2.43 bits per heavy atom. The van der Waals surface area contributed by atoms with Gasteiger partial charge in [0.25, 0.3) is 0 Å². The van der Waals surface area contributed by atoms with E-state index in [1.807, 2.05) is 0 Å². The molecule has 5 nitrogen and oxygen atoms in total. The summed E-state index contributed by atoms with van der Waals surface area (Å²) in [6.45, 7) is 10.9. The number of hydrogen-bond donors (Lipinski definition) is 2. The van der Waals surface area contributed by atoms with Gasteiger partial charge in [-0.1, -0.05) is 26.7 Å². The maximum Gasteiger partial charge on any atom is 0.188 e. The Kier molecular flexibility index (Phi) is 9.56. The summed E-state index contributed by atoms with van der Waals surface area (Å²) < 4.78 is 0. The summed E-state index contributed by atoms with van der Waals surface area (Å²) >= 11 is 0. The van der Waals surface area contributed by atoms with Crippen LogP contribution in [-0.4, -0.2) is 68.1 Å². The summed E-state index contributed by atoms with van der Waals surface area (Å²) in [6, 6.07) is 1.15. The van der Waals surface area contributed by atoms with Gasteiger partial charge in [0.2, 0.25) is 0 Å². The van der Waals surface area contributed by atoms with Crippen LogP contribution in [0.2, 0.25) is 0 Å². The maximum absolute atomic E-state index is 6.00. The van der Waals surface area contributed by atoms with Crippen LogP contribution in [0.1, 0.15) is 52.9 Å². The molecule has 3 N–H and O–H groups in total. The molecule has 23 heavy (non-hydrogen) atoms. The maximum atomic E-state index is 6.00. The van der Waals surface area contributed by atoms with Crippen molar-refractivity contribution in [3.63, 3.8) is 0 Å². The number of rotatable bonds is 9. The molecule has 1 heterocycles. The number of nitrogens with two attached hydrogens (primary N) is 1. The van der Waals surface area contributed by atoms with Crippen LogP contribution >= 0.6 is 0 Å². The molecule has 0 aromatic carbocycles. The lowest BCUT2D eigenvalue weighted by molar-refractivity contribution is 0.148. The van der Waals surface area contributed by atoms with E-state index in [1.54, 1.807) is 0 Å². The second-order valence-electron chi connectivity index (χ2n) is 7.67. The minimum atomic E-state index is 0.410. The van der Waals surface area contributed by atoms with Crippen molar-refractivity contribution in [2.45, 2.75) is 65.0 Å². The lowest BCUT2D eigenvalue weighted by atomic mass is 10.0. The molecule has 136 valence electrons. The Balaban J connectivity index is 2.14. The summed E-state index contributed by atoms with van der Waals surface area (Å²) in [7, 11) is 4.36. The van der Waals surface area contributed by atoms with Crippen LogP contribution < -0.4 is 11.1 Å². The molecule has 1 unspecified atom stereocenters. The molecule has 1 fully saturated rings. The van der Waals surface area contributed by atoms with Crippen LogP contribution in [0.4, 0.5) is 0 Å². The molecule has 1 atom stereocenters. The van der Waals surface area contributed by atoms with Crippen LogP contribution in [0.3, 0.4) is 0 Å². The highest BCUT2D eigenvalue weighted by molar-refractivity contribution is 5.78. The third-order valence-corrected chi connectivity index (χ3v) is 4.80. The lowest BCUT2D eigenvalue weighted by Crippen LogP contribution is -2.43. The second kappa shape index (κ2) is 10.9. The molecule has 0 aromatic heterocycles. The van der Waals surface area contributed by atoms with E-state index in [-0.39, 0.29) is 0 Å². The molecule has 0 spiro atoms. The summed E-state index contributed by atoms with van der Waals surface area (Å²) in [4.78, 5) is 9.33. The quantitative estimate of drug-likeness (QED) is 0.504. The van der Waals surface area contributed by atoms with E-state index in [2.05, 4.69) is 55.0 Å². The number of likely N-dealkylation sites (tertiary alicyclic amines) is 1. The van der Waals surface area contributed by atoms with Gasteiger partial charge in [-0.05, 0) is 59.3 Å². The minimum absolute atomic E-state index is 0.410. The highest BCUT2D eigenvalue weighted by atomic mass is 15.2. The number of hydrogen-bond acceptors (Lipinski definition) is 3. The Morgan fingerprint density at radius 2 is 1.87 bits per heavy atom. The Bertz CT molecular complexity index is 332. The third-order valence-electron chi connectivity index (χ3n) is 4.80. The number of piperidine rings is 1. The average molecular weight is 326 g/mol. The highest BCUT2D eigenvalue weighted by Crippen LogP contribution is 2.13. The highest BCUT2D eigenvalue weighted by Gasteiger charge is 2.19. The predicted octanol–water partition coefficient (Wildman–Crippen LogP) is 2.13. The van der Waals surface area contributed by atoms with Gasteiger partial charge in [0.05, 0.1) is 6.54 Å². The van der Waals surface area contributed by atoms with Crippen LogP contribution in [-0.2, 0) is 0 Å². The zero-order valence-electron chi connectivity index (χ0n) is 16.0. The summed E-state index contributed by atoms with van der Waals surface area (Å²) in [5.41, 5.74) is 6.00. The van der Waals surface area contributed by atoms with Gasteiger partial charge in [-0.15, -0.1) is 0 Å². The fourth-order valence-corrected chi connectivity index (χ4v) is 3.17. The molecule has 1 aliphatic heterocycles. The van der Waals surface area contributed by atoms with Crippen LogP contribution in [0.15, 0.2) is 4.99 Å². The van der Waals surface area contributed by atoms with Crippen molar-refractivity contribution in [2.24, 2.45) is 16.6 Å². The monoisotopic (exact) mass is 325 g/mol. The Labute approximate surface area is 143 Å². The van der Waals surface area contributed by atoms with E-state index >= 15 is 0 Å². The zero-order valence-corrected chi connectivity index (χ0v) is 16.0. The number of nitrogens with one attached hydrogen (secondary N) is 1. The van der Waals surface area contributed by atoms with Gasteiger partial charge in [0.1, 0.15) is 0 Å². The normalized spacial score (nSPS) is 19.5. The molecule has 5 heteroatoms. The molecular weight excluding hydrogens is 286 g/mol. The predicted molar refractivity (Wildman–Crippen MR) is 101 cm³/mol. The smallest absolute Gasteiger partial charge is 0.188 e. The van der Waals surface area contributed by atoms with Gasteiger partial charge in [-0.2, -0.15) is 0 Å². The van der Waals surface area contributed by atoms with Crippen LogP contribution in [0.25, 0.3) is 0 Å². The number of guanidine groups is 1. The van der Waals surface area contributed by atoms with Crippen LogP contribution in [0, 0.1) is 5.92 Å². The standard InChI is InChI=1S/C18H39N5/c1-15(2)7-6-8-16(3)21-18(19)20-11-14-23-12-9-17(10-13-23)22(4)5/h15-17H,6-14H2,1-5H3,(H3,19,20,21). The summed E-state index contributed by atoms with van der Waals surface area (Å²) in [6.07, 6.45) is 6.22. The van der Waals surface area contributed by atoms with E-state index in [9.17, 15) is 0 Å². The molecule has 0 aliphatic carbocycles. The molecule has 1 rings (SSSR count). The third kappa shape index (κ3) is 9.16. The molecule has 0 aromatic rings. The van der Waals surface area contributed by atoms with Crippen molar-refractivity contribution >= 4 is 5.96 Å². The number of aliphatic imine (C=N–C) groups is 1. The molecule has 1 saturated heterocycles. The van der Waals surface area contributed by atoms with E-state index in [1.165, 1.54) is 38.8 Å². The molecule has 0 amide bonds. The van der Waals surface area contributed by atoms with E-state index in [0.717, 1.165) is 31.5 Å². The van der Waals surface area contributed by atoms with Crippen molar-refractivity contribution < 1.29 is 0 Å². The topological polar surface area (TPSA) is 56.9 Å². The summed E-state index contributed by atoms with van der Waals surface area (Å²) in [5.74, 6) is 1.38. The molecular formula is C18H39N5.